The fourth-order valence-electron chi connectivity index (χ4n) is 1.97. The van der Waals surface area contributed by atoms with Gasteiger partial charge in [-0.3, -0.25) is 9.36 Å². The third-order valence-electron chi connectivity index (χ3n) is 3.09. The zero-order valence-electron chi connectivity index (χ0n) is 10.3. The van der Waals surface area contributed by atoms with E-state index in [1.807, 2.05) is 6.07 Å². The van der Waals surface area contributed by atoms with E-state index in [1.54, 1.807) is 10.8 Å². The number of rotatable bonds is 4. The second-order valence-electron chi connectivity index (χ2n) is 4.71. The van der Waals surface area contributed by atoms with Gasteiger partial charge >= 0.3 is 0 Å². The SMILES string of the molecule is Nc1nc2cc(Br)cnc2n1CCC(=O)NC1CC1. The molecule has 100 valence electrons. The lowest BCUT2D eigenvalue weighted by Crippen LogP contribution is -2.26. The largest absolute Gasteiger partial charge is 0.369 e. The Hall–Kier alpha value is -1.63. The van der Waals surface area contributed by atoms with Crippen molar-refractivity contribution in [3.63, 3.8) is 0 Å². The normalized spacial score (nSPS) is 14.8. The molecule has 0 aliphatic heterocycles. The number of carbonyl (C=O) groups excluding carboxylic acids is 1. The zero-order chi connectivity index (χ0) is 13.4. The highest BCUT2D eigenvalue weighted by molar-refractivity contribution is 9.10. The second-order valence-corrected chi connectivity index (χ2v) is 5.63. The van der Waals surface area contributed by atoms with Crippen molar-refractivity contribution in [1.29, 1.82) is 0 Å². The van der Waals surface area contributed by atoms with Crippen molar-refractivity contribution in [2.75, 3.05) is 5.73 Å². The summed E-state index contributed by atoms with van der Waals surface area (Å²) in [6, 6.07) is 2.25. The Labute approximate surface area is 118 Å². The van der Waals surface area contributed by atoms with Gasteiger partial charge in [0.1, 0.15) is 5.52 Å². The first-order valence-electron chi connectivity index (χ1n) is 6.20. The standard InChI is InChI=1S/C12H14BrN5O/c13-7-5-9-11(15-6-7)18(12(14)17-9)4-3-10(19)16-8-1-2-8/h5-6,8H,1-4H2,(H2,14,17)(H,16,19). The molecule has 3 N–H and O–H groups in total. The van der Waals surface area contributed by atoms with Crippen LogP contribution in [0.3, 0.4) is 0 Å². The van der Waals surface area contributed by atoms with E-state index in [1.165, 1.54) is 0 Å². The summed E-state index contributed by atoms with van der Waals surface area (Å²) in [5, 5.41) is 2.95. The van der Waals surface area contributed by atoms with E-state index in [0.29, 0.717) is 30.6 Å². The molecule has 6 nitrogen and oxygen atoms in total. The quantitative estimate of drug-likeness (QED) is 0.891. The molecular formula is C12H14BrN5O. The lowest BCUT2D eigenvalue weighted by Gasteiger charge is -2.06. The maximum atomic E-state index is 11.7. The van der Waals surface area contributed by atoms with E-state index < -0.39 is 0 Å². The van der Waals surface area contributed by atoms with Gasteiger partial charge < -0.3 is 11.1 Å². The van der Waals surface area contributed by atoms with Crippen LogP contribution in [-0.4, -0.2) is 26.5 Å². The lowest BCUT2D eigenvalue weighted by atomic mass is 10.3. The van der Waals surface area contributed by atoms with E-state index in [9.17, 15) is 4.79 Å². The number of aromatic nitrogens is 3. The minimum Gasteiger partial charge on any atom is -0.369 e. The van der Waals surface area contributed by atoms with E-state index in [2.05, 4.69) is 31.2 Å². The van der Waals surface area contributed by atoms with Crippen LogP contribution in [0.1, 0.15) is 19.3 Å². The minimum atomic E-state index is 0.0564. The number of fused-ring (bicyclic) bond motifs is 1. The summed E-state index contributed by atoms with van der Waals surface area (Å²) in [5.74, 6) is 0.445. The molecule has 3 rings (SSSR count). The van der Waals surface area contributed by atoms with Gasteiger partial charge in [-0.05, 0) is 34.8 Å². The highest BCUT2D eigenvalue weighted by Gasteiger charge is 2.23. The smallest absolute Gasteiger partial charge is 0.222 e. The van der Waals surface area contributed by atoms with Crippen LogP contribution in [0.5, 0.6) is 0 Å². The molecule has 1 fully saturated rings. The molecule has 0 aromatic carbocycles. The predicted octanol–water partition coefficient (Wildman–Crippen LogP) is 1.44. The number of nitrogens with zero attached hydrogens (tertiary/aromatic N) is 3. The Morgan fingerprint density at radius 3 is 3.11 bits per heavy atom. The molecule has 0 atom stereocenters. The minimum absolute atomic E-state index is 0.0564. The van der Waals surface area contributed by atoms with Gasteiger partial charge in [-0.15, -0.1) is 0 Å². The van der Waals surface area contributed by atoms with Crippen molar-refractivity contribution in [2.45, 2.75) is 31.8 Å². The number of carbonyl (C=O) groups is 1. The molecule has 1 amide bonds. The van der Waals surface area contributed by atoms with Crippen molar-refractivity contribution in [3.8, 4) is 0 Å². The first kappa shape index (κ1) is 12.4. The molecular weight excluding hydrogens is 310 g/mol. The summed E-state index contributed by atoms with van der Waals surface area (Å²) >= 11 is 3.35. The Bertz CT molecular complexity index is 634. The van der Waals surface area contributed by atoms with Crippen LogP contribution in [0.15, 0.2) is 16.7 Å². The van der Waals surface area contributed by atoms with E-state index in [-0.39, 0.29) is 5.91 Å². The number of anilines is 1. The van der Waals surface area contributed by atoms with Gasteiger partial charge in [0.05, 0.1) is 0 Å². The monoisotopic (exact) mass is 323 g/mol. The molecule has 2 heterocycles. The van der Waals surface area contributed by atoms with Crippen LogP contribution in [0.2, 0.25) is 0 Å². The molecule has 1 aliphatic rings. The van der Waals surface area contributed by atoms with Crippen molar-refractivity contribution in [3.05, 3.63) is 16.7 Å². The summed E-state index contributed by atoms with van der Waals surface area (Å²) in [7, 11) is 0. The first-order valence-corrected chi connectivity index (χ1v) is 6.99. The van der Waals surface area contributed by atoms with Crippen LogP contribution in [0, 0.1) is 0 Å². The third kappa shape index (κ3) is 2.70. The fraction of sp³-hybridized carbons (Fsp3) is 0.417. The summed E-state index contributed by atoms with van der Waals surface area (Å²) in [5.41, 5.74) is 7.31. The number of hydrogen-bond donors (Lipinski definition) is 2. The average molecular weight is 324 g/mol. The fourth-order valence-corrected chi connectivity index (χ4v) is 2.28. The molecule has 2 aromatic heterocycles. The molecule has 1 aliphatic carbocycles. The Morgan fingerprint density at radius 1 is 1.58 bits per heavy atom. The van der Waals surface area contributed by atoms with Crippen LogP contribution in [-0.2, 0) is 11.3 Å². The summed E-state index contributed by atoms with van der Waals surface area (Å²) in [6.07, 6.45) is 4.28. The molecule has 19 heavy (non-hydrogen) atoms. The highest BCUT2D eigenvalue weighted by atomic mass is 79.9. The summed E-state index contributed by atoms with van der Waals surface area (Å²) < 4.78 is 2.63. The second kappa shape index (κ2) is 4.80. The van der Waals surface area contributed by atoms with Gasteiger partial charge in [-0.25, -0.2) is 9.97 Å². The van der Waals surface area contributed by atoms with Crippen molar-refractivity contribution < 1.29 is 4.79 Å². The van der Waals surface area contributed by atoms with E-state index >= 15 is 0 Å². The third-order valence-corrected chi connectivity index (χ3v) is 3.52. The molecule has 7 heteroatoms. The first-order chi connectivity index (χ1) is 9.13. The van der Waals surface area contributed by atoms with Gasteiger partial charge in [0.25, 0.3) is 0 Å². The topological polar surface area (TPSA) is 85.8 Å². The molecule has 0 radical (unpaired) electrons. The number of pyridine rings is 1. The van der Waals surface area contributed by atoms with Gasteiger partial charge in [0.15, 0.2) is 5.65 Å². The maximum Gasteiger partial charge on any atom is 0.222 e. The molecule has 0 bridgehead atoms. The lowest BCUT2D eigenvalue weighted by molar-refractivity contribution is -0.121. The van der Waals surface area contributed by atoms with Crippen LogP contribution in [0.4, 0.5) is 5.95 Å². The van der Waals surface area contributed by atoms with Gasteiger partial charge in [-0.2, -0.15) is 0 Å². The van der Waals surface area contributed by atoms with Crippen molar-refractivity contribution in [2.24, 2.45) is 0 Å². The number of hydrogen-bond acceptors (Lipinski definition) is 4. The molecule has 0 spiro atoms. The number of nitrogens with one attached hydrogen (secondary N) is 1. The van der Waals surface area contributed by atoms with Crippen LogP contribution in [0.25, 0.3) is 11.2 Å². The molecule has 2 aromatic rings. The highest BCUT2D eigenvalue weighted by Crippen LogP contribution is 2.21. The maximum absolute atomic E-state index is 11.7. The van der Waals surface area contributed by atoms with Crippen LogP contribution >= 0.6 is 15.9 Å². The van der Waals surface area contributed by atoms with Gasteiger partial charge in [0.2, 0.25) is 11.9 Å². The number of nitrogen functional groups attached to an aromatic ring is 1. The average Bonchev–Trinajstić information content (AvgIpc) is 3.10. The Balaban J connectivity index is 1.76. The van der Waals surface area contributed by atoms with Gasteiger partial charge in [-0.1, -0.05) is 0 Å². The molecule has 0 unspecified atom stereocenters. The summed E-state index contributed by atoms with van der Waals surface area (Å²) in [4.78, 5) is 20.2. The van der Waals surface area contributed by atoms with E-state index in [4.69, 9.17) is 5.73 Å². The Kier molecular flexibility index (Phi) is 3.14. The number of amides is 1. The predicted molar refractivity (Wildman–Crippen MR) is 75.4 cm³/mol. The number of imidazole rings is 1. The van der Waals surface area contributed by atoms with Crippen LogP contribution < -0.4 is 11.1 Å². The number of aryl methyl sites for hydroxylation is 1. The number of nitrogens with two attached hydrogens (primary N) is 1. The van der Waals surface area contributed by atoms with Gasteiger partial charge in [0, 0.05) is 29.7 Å². The number of halogens is 1. The van der Waals surface area contributed by atoms with Crippen molar-refractivity contribution >= 4 is 38.9 Å². The Morgan fingerprint density at radius 2 is 2.37 bits per heavy atom. The zero-order valence-corrected chi connectivity index (χ0v) is 11.9. The molecule has 0 saturated heterocycles. The summed E-state index contributed by atoms with van der Waals surface area (Å²) in [6.45, 7) is 0.496. The molecule has 1 saturated carbocycles. The van der Waals surface area contributed by atoms with Crippen molar-refractivity contribution in [1.82, 2.24) is 19.9 Å². The van der Waals surface area contributed by atoms with E-state index in [0.717, 1.165) is 22.8 Å².